The number of carbonyl (C=O) groups excluding carboxylic acids is 2. The number of nitrogens with one attached hydrogen (secondary N) is 2. The van der Waals surface area contributed by atoms with Gasteiger partial charge in [0.05, 0.1) is 5.69 Å². The molecule has 0 aliphatic carbocycles. The van der Waals surface area contributed by atoms with Crippen LogP contribution >= 0.6 is 0 Å². The van der Waals surface area contributed by atoms with Crippen molar-refractivity contribution in [3.8, 4) is 0 Å². The number of hydrogen-bond acceptors (Lipinski definition) is 4. The molecule has 192 valence electrons. The normalized spacial score (nSPS) is 11.8. The topological polar surface area (TPSA) is 85.1 Å². The number of hydrogen-bond donors (Lipinski definition) is 2. The highest BCUT2D eigenvalue weighted by molar-refractivity contribution is 5.92. The number of carboxylic acids is 1. The third kappa shape index (κ3) is 7.66. The number of anilines is 1. The highest BCUT2D eigenvalue weighted by Gasteiger charge is 2.63. The van der Waals surface area contributed by atoms with Gasteiger partial charge in [-0.2, -0.15) is 17.6 Å². The van der Waals surface area contributed by atoms with Crippen LogP contribution in [0.3, 0.4) is 0 Å². The molecule has 0 bridgehead atoms. The van der Waals surface area contributed by atoms with Crippen molar-refractivity contribution in [2.24, 2.45) is 0 Å². The first-order valence-electron chi connectivity index (χ1n) is 11.7. The van der Waals surface area contributed by atoms with E-state index in [4.69, 9.17) is 0 Å². The smallest absolute Gasteiger partial charge is 0.393 e. The summed E-state index contributed by atoms with van der Waals surface area (Å²) in [6, 6.07) is 12.4. The van der Waals surface area contributed by atoms with Gasteiger partial charge in [-0.3, -0.25) is 15.6 Å². The van der Waals surface area contributed by atoms with E-state index < -0.39 is 23.7 Å². The van der Waals surface area contributed by atoms with E-state index in [1.807, 2.05) is 24.4 Å². The molecule has 2 N–H and O–H groups in total. The minimum absolute atomic E-state index is 0.229. The van der Waals surface area contributed by atoms with Gasteiger partial charge in [-0.25, -0.2) is 4.57 Å². The number of aryl methyl sites for hydroxylation is 3. The minimum Gasteiger partial charge on any atom is -0.544 e. The van der Waals surface area contributed by atoms with Gasteiger partial charge in [0.1, 0.15) is 12.5 Å². The van der Waals surface area contributed by atoms with E-state index in [9.17, 15) is 32.3 Å². The van der Waals surface area contributed by atoms with Crippen molar-refractivity contribution in [2.75, 3.05) is 5.43 Å². The standard InChI is InChI=1S/C25H31F4N3O3/c1-2-3-4-5-6-10-17-32-18-11-9-13-20(32)16-15-19-12-7-8-14-21(19)30-31-22(33)24(26,27)25(28,29)23(34)35/h7-9,11-14,18,30H,2-6,10,15-17H2,1H3,(H-,31,33,34,35). The van der Waals surface area contributed by atoms with Gasteiger partial charge in [-0.05, 0) is 24.5 Å². The van der Waals surface area contributed by atoms with Gasteiger partial charge in [0.2, 0.25) is 0 Å². The summed E-state index contributed by atoms with van der Waals surface area (Å²) in [7, 11) is 0. The minimum atomic E-state index is -5.66. The molecule has 1 heterocycles. The molecule has 2 rings (SSSR count). The molecule has 1 aromatic heterocycles. The van der Waals surface area contributed by atoms with E-state index in [0.717, 1.165) is 25.1 Å². The summed E-state index contributed by atoms with van der Waals surface area (Å²) in [5.41, 5.74) is 5.64. The maximum atomic E-state index is 13.6. The molecular weight excluding hydrogens is 466 g/mol. The van der Waals surface area contributed by atoms with Crippen LogP contribution in [-0.2, 0) is 29.0 Å². The van der Waals surface area contributed by atoms with Crippen molar-refractivity contribution >= 4 is 17.6 Å². The van der Waals surface area contributed by atoms with Crippen LogP contribution in [0.2, 0.25) is 0 Å². The summed E-state index contributed by atoms with van der Waals surface area (Å²) in [6.45, 7) is 3.05. The number of benzene rings is 1. The Bertz CT molecular complexity index is 986. The van der Waals surface area contributed by atoms with E-state index in [0.29, 0.717) is 18.4 Å². The van der Waals surface area contributed by atoms with Crippen molar-refractivity contribution in [1.29, 1.82) is 0 Å². The van der Waals surface area contributed by atoms with Crippen molar-refractivity contribution in [3.63, 3.8) is 0 Å². The molecule has 35 heavy (non-hydrogen) atoms. The van der Waals surface area contributed by atoms with E-state index in [1.54, 1.807) is 18.2 Å². The molecule has 6 nitrogen and oxygen atoms in total. The van der Waals surface area contributed by atoms with E-state index in [2.05, 4.69) is 16.9 Å². The Labute approximate surface area is 202 Å². The van der Waals surface area contributed by atoms with E-state index in [-0.39, 0.29) is 5.69 Å². The molecule has 0 saturated heterocycles. The Morgan fingerprint density at radius 2 is 1.54 bits per heavy atom. The predicted molar refractivity (Wildman–Crippen MR) is 121 cm³/mol. The van der Waals surface area contributed by atoms with Gasteiger partial charge >= 0.3 is 17.8 Å². The third-order valence-corrected chi connectivity index (χ3v) is 5.70. The van der Waals surface area contributed by atoms with Gasteiger partial charge in [0, 0.05) is 25.0 Å². The maximum absolute atomic E-state index is 13.6. The van der Waals surface area contributed by atoms with Crippen LogP contribution in [0.5, 0.6) is 0 Å². The molecule has 0 fully saturated rings. The molecule has 0 saturated carbocycles. The number of carboxylic acid groups (broad SMARTS) is 1. The number of hydrazine groups is 1. The number of aromatic nitrogens is 1. The largest absolute Gasteiger partial charge is 0.544 e. The fourth-order valence-electron chi connectivity index (χ4n) is 3.62. The van der Waals surface area contributed by atoms with Crippen molar-refractivity contribution < 1.29 is 36.8 Å². The Morgan fingerprint density at radius 1 is 0.886 bits per heavy atom. The van der Waals surface area contributed by atoms with E-state index >= 15 is 0 Å². The third-order valence-electron chi connectivity index (χ3n) is 5.70. The quantitative estimate of drug-likeness (QED) is 0.171. The summed E-state index contributed by atoms with van der Waals surface area (Å²) in [5.74, 6) is -17.0. The number of unbranched alkanes of at least 4 members (excludes halogenated alkanes) is 5. The molecule has 0 atom stereocenters. The molecular formula is C25H31F4N3O3. The number of amides is 1. The number of carbonyl (C=O) groups is 2. The first-order valence-corrected chi connectivity index (χ1v) is 11.7. The van der Waals surface area contributed by atoms with Crippen LogP contribution in [0.15, 0.2) is 48.7 Å². The maximum Gasteiger partial charge on any atom is 0.393 e. The second-order valence-electron chi connectivity index (χ2n) is 8.33. The molecule has 1 amide bonds. The lowest BCUT2D eigenvalue weighted by Gasteiger charge is -2.26. The lowest BCUT2D eigenvalue weighted by Crippen LogP contribution is -2.61. The first kappa shape index (κ1) is 28.1. The zero-order valence-corrected chi connectivity index (χ0v) is 19.7. The molecule has 0 unspecified atom stereocenters. The van der Waals surface area contributed by atoms with Gasteiger partial charge < -0.3 is 9.90 Å². The molecule has 0 spiro atoms. The number of nitrogens with zero attached hydrogens (tertiary/aromatic N) is 1. The molecule has 10 heteroatoms. The fraction of sp³-hybridized carbons (Fsp3) is 0.480. The van der Waals surface area contributed by atoms with Gasteiger partial charge in [0.25, 0.3) is 0 Å². The van der Waals surface area contributed by atoms with Crippen LogP contribution in [0.4, 0.5) is 23.2 Å². The lowest BCUT2D eigenvalue weighted by atomic mass is 10.1. The summed E-state index contributed by atoms with van der Waals surface area (Å²) >= 11 is 0. The summed E-state index contributed by atoms with van der Waals surface area (Å²) in [6.07, 6.45) is 10.2. The number of pyridine rings is 1. The number of para-hydroxylation sites is 1. The number of alkyl halides is 4. The highest BCUT2D eigenvalue weighted by atomic mass is 19.3. The second-order valence-corrected chi connectivity index (χ2v) is 8.33. The van der Waals surface area contributed by atoms with Crippen LogP contribution < -0.4 is 20.5 Å². The van der Waals surface area contributed by atoms with E-state index in [1.165, 1.54) is 37.2 Å². The second kappa shape index (κ2) is 13.1. The van der Waals surface area contributed by atoms with Crippen LogP contribution in [-0.4, -0.2) is 23.7 Å². The lowest BCUT2D eigenvalue weighted by molar-refractivity contribution is -0.704. The molecule has 0 radical (unpaired) electrons. The number of rotatable bonds is 15. The summed E-state index contributed by atoms with van der Waals surface area (Å²) in [5, 5.41) is 10.3. The average Bonchev–Trinajstić information content (AvgIpc) is 2.84. The first-order chi connectivity index (χ1) is 16.6. The van der Waals surface area contributed by atoms with Crippen molar-refractivity contribution in [3.05, 3.63) is 59.9 Å². The van der Waals surface area contributed by atoms with Gasteiger partial charge in [-0.1, -0.05) is 56.9 Å². The molecule has 0 aliphatic rings. The van der Waals surface area contributed by atoms with Gasteiger partial charge in [0.15, 0.2) is 11.9 Å². The summed E-state index contributed by atoms with van der Waals surface area (Å²) < 4.78 is 55.8. The van der Waals surface area contributed by atoms with Crippen molar-refractivity contribution in [2.45, 2.75) is 76.7 Å². The SMILES string of the molecule is CCCCCCCC[n+]1ccccc1CCc1ccccc1NNC(=O)C(F)(F)C(F)(F)C(=O)[O-]. The monoisotopic (exact) mass is 497 g/mol. The fourth-order valence-corrected chi connectivity index (χ4v) is 3.62. The predicted octanol–water partition coefficient (Wildman–Crippen LogP) is 3.58. The highest BCUT2D eigenvalue weighted by Crippen LogP contribution is 2.34. The zero-order valence-electron chi connectivity index (χ0n) is 19.7. The van der Waals surface area contributed by atoms with Crippen LogP contribution in [0.25, 0.3) is 0 Å². The number of aliphatic carboxylic acids is 1. The molecule has 1 aromatic carbocycles. The Balaban J connectivity index is 1.99. The zero-order chi connectivity index (χ0) is 25.9. The Kier molecular flexibility index (Phi) is 10.5. The summed E-state index contributed by atoms with van der Waals surface area (Å²) in [4.78, 5) is 21.9. The number of halogens is 4. The van der Waals surface area contributed by atoms with Gasteiger partial charge in [-0.15, -0.1) is 0 Å². The Hall–Kier alpha value is -3.17. The van der Waals surface area contributed by atoms with Crippen molar-refractivity contribution in [1.82, 2.24) is 5.43 Å². The van der Waals surface area contributed by atoms with Crippen LogP contribution in [0.1, 0.15) is 56.7 Å². The average molecular weight is 498 g/mol. The van der Waals surface area contributed by atoms with Crippen LogP contribution in [0, 0.1) is 0 Å². The molecule has 0 aliphatic heterocycles. The Morgan fingerprint density at radius 3 is 2.26 bits per heavy atom. The molecule has 2 aromatic rings.